The molecule has 1 N–H and O–H groups in total. The number of nitrogens with one attached hydrogen (secondary N) is 1. The van der Waals surface area contributed by atoms with Crippen molar-refractivity contribution in [2.75, 3.05) is 25.6 Å². The summed E-state index contributed by atoms with van der Waals surface area (Å²) < 4.78 is 15.0. The van der Waals surface area contributed by atoms with Crippen LogP contribution in [-0.4, -0.2) is 43.2 Å². The molecule has 130 valence electrons. The lowest BCUT2D eigenvalue weighted by Gasteiger charge is -2.12. The Balaban J connectivity index is 1.98. The summed E-state index contributed by atoms with van der Waals surface area (Å²) in [5, 5.41) is 13.5. The zero-order valence-electron chi connectivity index (χ0n) is 13.4. The van der Waals surface area contributed by atoms with Gasteiger partial charge < -0.3 is 19.5 Å². The van der Waals surface area contributed by atoms with Crippen LogP contribution in [0.5, 0.6) is 5.75 Å². The maximum atomic E-state index is 11.9. The van der Waals surface area contributed by atoms with Crippen molar-refractivity contribution in [1.29, 1.82) is 0 Å². The van der Waals surface area contributed by atoms with E-state index in [0.717, 1.165) is 6.42 Å². The Morgan fingerprint density at radius 1 is 1.46 bits per heavy atom. The summed E-state index contributed by atoms with van der Waals surface area (Å²) in [4.78, 5) is 33.9. The van der Waals surface area contributed by atoms with Gasteiger partial charge in [-0.1, -0.05) is 0 Å². The van der Waals surface area contributed by atoms with E-state index in [1.807, 2.05) is 0 Å². The molecule has 1 aliphatic heterocycles. The molecular formula is C15H18N2O7. The summed E-state index contributed by atoms with van der Waals surface area (Å²) in [5.41, 5.74) is 0.634. The number of nitrogens with zero attached hydrogens (tertiary/aromatic N) is 1. The highest BCUT2D eigenvalue weighted by molar-refractivity contribution is 5.94. The average Bonchev–Trinajstić information content (AvgIpc) is 3.08. The zero-order valence-corrected chi connectivity index (χ0v) is 13.4. The highest BCUT2D eigenvalue weighted by Gasteiger charge is 2.25. The standard InChI is InChI=1S/C15H18N2O7/c1-9-6-11(17(20)21)13(22-2)7-10(9)16-14(18)8-24-15(19)12-4-3-5-23-12/h6-7,12H,3-5,8H2,1-2H3,(H,16,18)/t12-/m1/s1. The smallest absolute Gasteiger partial charge is 0.335 e. The Hall–Kier alpha value is -2.68. The molecule has 1 aromatic rings. The first kappa shape index (κ1) is 17.7. The number of nitro groups is 1. The van der Waals surface area contributed by atoms with Gasteiger partial charge in [0.1, 0.15) is 0 Å². The van der Waals surface area contributed by atoms with E-state index in [1.54, 1.807) is 6.92 Å². The number of ether oxygens (including phenoxy) is 3. The number of esters is 1. The van der Waals surface area contributed by atoms with E-state index in [-0.39, 0.29) is 11.4 Å². The van der Waals surface area contributed by atoms with Crippen LogP contribution in [-0.2, 0) is 19.1 Å². The number of carbonyl (C=O) groups excluding carboxylic acids is 2. The number of carbonyl (C=O) groups is 2. The molecule has 1 aromatic carbocycles. The van der Waals surface area contributed by atoms with Crippen molar-refractivity contribution >= 4 is 23.3 Å². The normalized spacial score (nSPS) is 16.5. The van der Waals surface area contributed by atoms with Gasteiger partial charge in [0.15, 0.2) is 18.5 Å². The van der Waals surface area contributed by atoms with Crippen LogP contribution in [0.3, 0.4) is 0 Å². The van der Waals surface area contributed by atoms with E-state index in [9.17, 15) is 19.7 Å². The van der Waals surface area contributed by atoms with Gasteiger partial charge in [-0.15, -0.1) is 0 Å². The van der Waals surface area contributed by atoms with E-state index >= 15 is 0 Å². The summed E-state index contributed by atoms with van der Waals surface area (Å²) in [7, 11) is 1.30. The molecule has 2 rings (SSSR count). The maximum Gasteiger partial charge on any atom is 0.335 e. The third kappa shape index (κ3) is 4.19. The van der Waals surface area contributed by atoms with Gasteiger partial charge in [0.05, 0.1) is 12.0 Å². The average molecular weight is 338 g/mol. The Morgan fingerprint density at radius 3 is 2.79 bits per heavy atom. The van der Waals surface area contributed by atoms with E-state index in [4.69, 9.17) is 14.2 Å². The van der Waals surface area contributed by atoms with E-state index in [1.165, 1.54) is 19.2 Å². The minimum absolute atomic E-state index is 0.0252. The molecule has 9 heteroatoms. The van der Waals surface area contributed by atoms with Gasteiger partial charge in [0, 0.05) is 24.4 Å². The molecule has 0 spiro atoms. The molecule has 24 heavy (non-hydrogen) atoms. The van der Waals surface area contributed by atoms with Crippen molar-refractivity contribution < 1.29 is 28.7 Å². The fourth-order valence-corrected chi connectivity index (χ4v) is 2.29. The molecule has 1 amide bonds. The van der Waals surface area contributed by atoms with Crippen LogP contribution in [0.1, 0.15) is 18.4 Å². The highest BCUT2D eigenvalue weighted by Crippen LogP contribution is 2.32. The molecule has 1 fully saturated rings. The molecule has 1 atom stereocenters. The van der Waals surface area contributed by atoms with Crippen LogP contribution in [0, 0.1) is 17.0 Å². The minimum Gasteiger partial charge on any atom is -0.490 e. The van der Waals surface area contributed by atoms with Crippen molar-refractivity contribution in [2.24, 2.45) is 0 Å². The summed E-state index contributed by atoms with van der Waals surface area (Å²) in [5.74, 6) is -1.10. The first-order chi connectivity index (χ1) is 11.4. The quantitative estimate of drug-likeness (QED) is 0.475. The van der Waals surface area contributed by atoms with E-state index < -0.39 is 29.5 Å². The van der Waals surface area contributed by atoms with E-state index in [0.29, 0.717) is 24.3 Å². The molecule has 0 unspecified atom stereocenters. The van der Waals surface area contributed by atoms with Crippen LogP contribution < -0.4 is 10.1 Å². The van der Waals surface area contributed by atoms with E-state index in [2.05, 4.69) is 5.32 Å². The number of benzene rings is 1. The van der Waals surface area contributed by atoms with Gasteiger partial charge >= 0.3 is 11.7 Å². The van der Waals surface area contributed by atoms with Gasteiger partial charge in [-0.05, 0) is 25.3 Å². The number of rotatable bonds is 6. The van der Waals surface area contributed by atoms with Gasteiger partial charge in [0.2, 0.25) is 0 Å². The van der Waals surface area contributed by atoms with Crippen molar-refractivity contribution in [2.45, 2.75) is 25.9 Å². The molecule has 0 bridgehead atoms. The Kier molecular flexibility index (Phi) is 5.69. The number of hydrogen-bond donors (Lipinski definition) is 1. The van der Waals surface area contributed by atoms with Crippen molar-refractivity contribution in [1.82, 2.24) is 0 Å². The molecule has 0 radical (unpaired) electrons. The second-order valence-corrected chi connectivity index (χ2v) is 5.25. The van der Waals surface area contributed by atoms with Crippen molar-refractivity contribution in [3.63, 3.8) is 0 Å². The largest absolute Gasteiger partial charge is 0.490 e. The predicted octanol–water partition coefficient (Wildman–Crippen LogP) is 1.57. The van der Waals surface area contributed by atoms with Gasteiger partial charge in [-0.25, -0.2) is 4.79 Å². The fourth-order valence-electron chi connectivity index (χ4n) is 2.29. The molecule has 9 nitrogen and oxygen atoms in total. The molecule has 1 aliphatic rings. The maximum absolute atomic E-state index is 11.9. The summed E-state index contributed by atoms with van der Waals surface area (Å²) in [6, 6.07) is 2.65. The monoisotopic (exact) mass is 338 g/mol. The number of amides is 1. The van der Waals surface area contributed by atoms with Crippen molar-refractivity contribution in [3.05, 3.63) is 27.8 Å². The summed E-state index contributed by atoms with van der Waals surface area (Å²) in [6.45, 7) is 1.66. The van der Waals surface area contributed by atoms with Gasteiger partial charge in [-0.2, -0.15) is 0 Å². The molecular weight excluding hydrogens is 320 g/mol. The summed E-state index contributed by atoms with van der Waals surface area (Å²) >= 11 is 0. The number of aryl methyl sites for hydroxylation is 1. The highest BCUT2D eigenvalue weighted by atomic mass is 16.6. The second-order valence-electron chi connectivity index (χ2n) is 5.25. The molecule has 0 aromatic heterocycles. The molecule has 0 saturated carbocycles. The van der Waals surface area contributed by atoms with Gasteiger partial charge in [0.25, 0.3) is 5.91 Å². The van der Waals surface area contributed by atoms with Crippen LogP contribution in [0.2, 0.25) is 0 Å². The fraction of sp³-hybridized carbons (Fsp3) is 0.467. The van der Waals surface area contributed by atoms with Crippen LogP contribution in [0.4, 0.5) is 11.4 Å². The predicted molar refractivity (Wildman–Crippen MR) is 82.9 cm³/mol. The van der Waals surface area contributed by atoms with Crippen LogP contribution >= 0.6 is 0 Å². The lowest BCUT2D eigenvalue weighted by Crippen LogP contribution is -2.27. The number of methoxy groups -OCH3 is 1. The van der Waals surface area contributed by atoms with Gasteiger partial charge in [-0.3, -0.25) is 14.9 Å². The third-order valence-corrected chi connectivity index (χ3v) is 3.53. The number of nitro benzene ring substituents is 1. The number of hydrogen-bond acceptors (Lipinski definition) is 7. The zero-order chi connectivity index (χ0) is 17.7. The second kappa shape index (κ2) is 7.73. The molecule has 1 heterocycles. The lowest BCUT2D eigenvalue weighted by atomic mass is 10.1. The topological polar surface area (TPSA) is 117 Å². The Morgan fingerprint density at radius 2 is 2.21 bits per heavy atom. The summed E-state index contributed by atoms with van der Waals surface area (Å²) in [6.07, 6.45) is 0.756. The molecule has 0 aliphatic carbocycles. The van der Waals surface area contributed by atoms with Crippen LogP contribution in [0.25, 0.3) is 0 Å². The first-order valence-electron chi connectivity index (χ1n) is 7.33. The lowest BCUT2D eigenvalue weighted by molar-refractivity contribution is -0.385. The Bertz CT molecular complexity index is 653. The SMILES string of the molecule is COc1cc(NC(=O)COC(=O)[C@H]2CCCO2)c(C)cc1[N+](=O)[O-]. The minimum atomic E-state index is -0.612. The third-order valence-electron chi connectivity index (χ3n) is 3.53. The number of anilines is 1. The first-order valence-corrected chi connectivity index (χ1v) is 7.33. The Labute approximate surface area is 138 Å². The molecule has 1 saturated heterocycles. The van der Waals surface area contributed by atoms with Crippen molar-refractivity contribution in [3.8, 4) is 5.75 Å². The van der Waals surface area contributed by atoms with Crippen LogP contribution in [0.15, 0.2) is 12.1 Å².